The number of hydrogen-bond acceptors (Lipinski definition) is 3. The summed E-state index contributed by atoms with van der Waals surface area (Å²) in [6.07, 6.45) is 35.0. The summed E-state index contributed by atoms with van der Waals surface area (Å²) in [5.74, 6) is 0. The summed E-state index contributed by atoms with van der Waals surface area (Å²) in [7, 11) is 0. The molecule has 1 atom stereocenters. The molecule has 6 aliphatic rings. The SMILES string of the molecule is CCCCCCCCC1(CCCCCCC)c2ccccc2-c2ccc(-c3ccc4c(c3)C(C)(C)c3cc(-c5cc6c(c7oc8ccccc8c57)-c5ccc(N(c7ccccc7)c7ccc8c(c7)C(C)(C)c7cc(-c9ccc%10c(c9)C(C)(C)c9cc(-c%11ccc%12c(c%11)C(CCCCCCCC)(CCCCCCCC)c%11ccccc%11-%12)ccc9-%10)c9oc%10ccccc%10c9c7-8)cc5C6(C)C)ccc3-4)cc21. The molecule has 15 aromatic carbocycles. The molecular formula is C135H137NO2. The van der Waals surface area contributed by atoms with Crippen molar-refractivity contribution in [2.24, 2.45) is 0 Å². The monoisotopic (exact) mass is 1800 g/mol. The summed E-state index contributed by atoms with van der Waals surface area (Å²) in [4.78, 5) is 2.51. The molecular weight excluding hydrogens is 1670 g/mol. The Balaban J connectivity index is 0.563. The average Bonchev–Trinajstić information content (AvgIpc) is 1.53. The maximum Gasteiger partial charge on any atom is 0.144 e. The lowest BCUT2D eigenvalue weighted by molar-refractivity contribution is 0.398. The first-order chi connectivity index (χ1) is 67.3. The molecule has 17 aromatic rings. The molecule has 2 aromatic heterocycles. The molecule has 3 nitrogen and oxygen atoms in total. The largest absolute Gasteiger partial charge is 0.455 e. The molecule has 1 unspecified atom stereocenters. The second-order valence-corrected chi connectivity index (χ2v) is 44.5. The topological polar surface area (TPSA) is 29.5 Å². The van der Waals surface area contributed by atoms with Crippen molar-refractivity contribution in [1.82, 2.24) is 0 Å². The van der Waals surface area contributed by atoms with E-state index in [4.69, 9.17) is 8.83 Å². The van der Waals surface area contributed by atoms with E-state index in [-0.39, 0.29) is 21.7 Å². The van der Waals surface area contributed by atoms with Crippen LogP contribution in [0.25, 0.3) is 155 Å². The van der Waals surface area contributed by atoms with Crippen LogP contribution in [0.5, 0.6) is 0 Å². The van der Waals surface area contributed by atoms with Crippen LogP contribution in [0.4, 0.5) is 17.1 Å². The zero-order valence-electron chi connectivity index (χ0n) is 84.0. The van der Waals surface area contributed by atoms with Crippen LogP contribution in [-0.4, -0.2) is 0 Å². The number of unbranched alkanes of at least 4 members (excludes halogenated alkanes) is 19. The van der Waals surface area contributed by atoms with Gasteiger partial charge in [-0.15, -0.1) is 0 Å². The molecule has 0 saturated carbocycles. The highest BCUT2D eigenvalue weighted by atomic mass is 16.3. The van der Waals surface area contributed by atoms with Gasteiger partial charge < -0.3 is 13.7 Å². The average molecular weight is 1810 g/mol. The summed E-state index contributed by atoms with van der Waals surface area (Å²) in [5.41, 5.74) is 48.8. The van der Waals surface area contributed by atoms with Gasteiger partial charge in [-0.1, -0.05) is 419 Å². The van der Waals surface area contributed by atoms with Crippen molar-refractivity contribution in [1.29, 1.82) is 0 Å². The molecule has 0 aliphatic heterocycles. The molecule has 0 spiro atoms. The van der Waals surface area contributed by atoms with E-state index in [1.807, 2.05) is 0 Å². The van der Waals surface area contributed by atoms with Gasteiger partial charge in [-0.25, -0.2) is 0 Å². The van der Waals surface area contributed by atoms with Crippen molar-refractivity contribution in [3.05, 3.63) is 352 Å². The maximum atomic E-state index is 7.35. The van der Waals surface area contributed by atoms with E-state index < -0.39 is 10.8 Å². The highest BCUT2D eigenvalue weighted by Gasteiger charge is 2.48. The highest BCUT2D eigenvalue weighted by Crippen LogP contribution is 2.64. The van der Waals surface area contributed by atoms with Gasteiger partial charge in [-0.3, -0.25) is 0 Å². The van der Waals surface area contributed by atoms with E-state index in [0.29, 0.717) is 0 Å². The maximum absolute atomic E-state index is 7.35. The van der Waals surface area contributed by atoms with Gasteiger partial charge in [0.1, 0.15) is 22.3 Å². The predicted octanol–water partition coefficient (Wildman–Crippen LogP) is 40.0. The van der Waals surface area contributed by atoms with E-state index in [1.54, 1.807) is 22.3 Å². The van der Waals surface area contributed by atoms with Crippen molar-refractivity contribution < 1.29 is 8.83 Å². The van der Waals surface area contributed by atoms with Gasteiger partial charge in [0, 0.05) is 82.2 Å². The van der Waals surface area contributed by atoms with Crippen LogP contribution in [0.15, 0.2) is 294 Å². The molecule has 2 heterocycles. The van der Waals surface area contributed by atoms with Crippen molar-refractivity contribution >= 4 is 60.9 Å². The molecule has 0 bridgehead atoms. The predicted molar refractivity (Wildman–Crippen MR) is 587 cm³/mol. The quantitative estimate of drug-likeness (QED) is 0.0377. The first kappa shape index (κ1) is 89.6. The molecule has 0 saturated heterocycles. The van der Waals surface area contributed by atoms with Gasteiger partial charge in [-0.05, 0) is 290 Å². The van der Waals surface area contributed by atoms with Gasteiger partial charge in [0.05, 0.1) is 0 Å². The Hall–Kier alpha value is -12.3. The Morgan fingerprint density at radius 3 is 0.949 bits per heavy atom. The summed E-state index contributed by atoms with van der Waals surface area (Å²) in [6, 6.07) is 112. The highest BCUT2D eigenvalue weighted by molar-refractivity contribution is 6.20. The van der Waals surface area contributed by atoms with Crippen molar-refractivity contribution in [2.45, 2.75) is 289 Å². The minimum atomic E-state index is -0.415. The Kier molecular flexibility index (Phi) is 23.1. The lowest BCUT2D eigenvalue weighted by Gasteiger charge is -2.33. The number of hydrogen-bond donors (Lipinski definition) is 0. The summed E-state index contributed by atoms with van der Waals surface area (Å²) in [6.45, 7) is 29.0. The fourth-order valence-electron chi connectivity index (χ4n) is 27.3. The fourth-order valence-corrected chi connectivity index (χ4v) is 27.3. The second kappa shape index (κ2) is 35.5. The van der Waals surface area contributed by atoms with Crippen LogP contribution >= 0.6 is 0 Å². The third-order valence-corrected chi connectivity index (χ3v) is 34.8. The number of rotatable bonds is 34. The number of benzene rings is 15. The number of fused-ring (bicyclic) bond motifs is 26. The molecule has 6 aliphatic carbocycles. The molecule has 0 N–H and O–H groups in total. The summed E-state index contributed by atoms with van der Waals surface area (Å²) in [5, 5.41) is 4.65. The Labute approximate surface area is 821 Å². The van der Waals surface area contributed by atoms with Gasteiger partial charge in [-0.2, -0.15) is 0 Å². The zero-order chi connectivity index (χ0) is 94.1. The normalized spacial score (nSPS) is 16.1. The van der Waals surface area contributed by atoms with Crippen LogP contribution in [0.1, 0.15) is 323 Å². The Morgan fingerprint density at radius 2 is 0.507 bits per heavy atom. The third kappa shape index (κ3) is 14.5. The number of anilines is 3. The minimum absolute atomic E-state index is 0.0201. The van der Waals surface area contributed by atoms with E-state index in [2.05, 4.69) is 373 Å². The van der Waals surface area contributed by atoms with Crippen LogP contribution in [0.3, 0.4) is 0 Å². The Bertz CT molecular complexity index is 7610. The van der Waals surface area contributed by atoms with Gasteiger partial charge in [0.2, 0.25) is 0 Å². The smallest absolute Gasteiger partial charge is 0.144 e. The van der Waals surface area contributed by atoms with Crippen LogP contribution in [0, 0.1) is 0 Å². The summed E-state index contributed by atoms with van der Waals surface area (Å²) >= 11 is 0. The third-order valence-electron chi connectivity index (χ3n) is 34.8. The zero-order valence-corrected chi connectivity index (χ0v) is 84.0. The number of para-hydroxylation sites is 3. The van der Waals surface area contributed by atoms with Crippen LogP contribution in [-0.2, 0) is 32.5 Å². The van der Waals surface area contributed by atoms with Crippen molar-refractivity contribution in [3.63, 3.8) is 0 Å². The fraction of sp³-hybridized carbons (Fsp3) is 0.333. The second-order valence-electron chi connectivity index (χ2n) is 44.5. The minimum Gasteiger partial charge on any atom is -0.455 e. The van der Waals surface area contributed by atoms with Crippen molar-refractivity contribution in [2.75, 3.05) is 4.90 Å². The first-order valence-corrected chi connectivity index (χ1v) is 53.5. The van der Waals surface area contributed by atoms with Crippen LogP contribution in [0.2, 0.25) is 0 Å². The molecule has 138 heavy (non-hydrogen) atoms. The lowest BCUT2D eigenvalue weighted by Crippen LogP contribution is -2.25. The van der Waals surface area contributed by atoms with E-state index in [0.717, 1.165) is 55.7 Å². The molecule has 0 amide bonds. The van der Waals surface area contributed by atoms with Gasteiger partial charge in [0.15, 0.2) is 0 Å². The molecule has 0 radical (unpaired) electrons. The van der Waals surface area contributed by atoms with Crippen LogP contribution < -0.4 is 4.90 Å². The van der Waals surface area contributed by atoms with E-state index in [9.17, 15) is 0 Å². The van der Waals surface area contributed by atoms with Crippen molar-refractivity contribution in [3.8, 4) is 111 Å². The van der Waals surface area contributed by atoms with E-state index in [1.165, 1.54) is 334 Å². The molecule has 23 rings (SSSR count). The first-order valence-electron chi connectivity index (χ1n) is 53.5. The molecule has 694 valence electrons. The molecule has 3 heteroatoms. The van der Waals surface area contributed by atoms with Gasteiger partial charge >= 0.3 is 0 Å². The number of nitrogens with zero attached hydrogens (tertiary/aromatic N) is 1. The van der Waals surface area contributed by atoms with Gasteiger partial charge in [0.25, 0.3) is 0 Å². The summed E-state index contributed by atoms with van der Waals surface area (Å²) < 4.78 is 14.6. The number of furan rings is 2. The lowest BCUT2D eigenvalue weighted by atomic mass is 9.70. The van der Waals surface area contributed by atoms with E-state index >= 15 is 0 Å². The standard InChI is InChI=1S/C135H137NO2/c1-13-17-21-25-29-44-74-134(73-43-28-24-20-16-4)110-53-39-35-49-96(110)102-67-59-89(79-118(102)134)87-57-65-98-100-69-61-91(81-114(100)130(5,6)112(98)77-87)108-85-121-126(129-124(108)106-51-37-41-55-122(106)138-129)105-72-64-95(84-117(105)133(121,11)12)136(93-47-33-32-34-48-93)94-63-71-104-116(83-94)132(9,10)120-86-109(128-127(125(104)120)107-52-38-42-56-123(107)137-128)92-62-70-101-99-66-58-88(78-113(99)131(7,8)115(101)82-92)90-60-68-103-97-50-36-40-54-111(97)135(119(103)80-90,75-45-30-26-22-18-14-2)76-46-31-27-23-19-15-3/h32-42,47-72,77-86H,13-31,43-46,73-76H2,1-12H3. The molecule has 0 fully saturated rings. The Morgan fingerprint density at radius 1 is 0.203 bits per heavy atom.